The summed E-state index contributed by atoms with van der Waals surface area (Å²) >= 11 is 0. The van der Waals surface area contributed by atoms with Crippen molar-refractivity contribution < 1.29 is 4.74 Å². The Morgan fingerprint density at radius 2 is 2.19 bits per heavy atom. The number of nitrogens with two attached hydrogens (primary N) is 1. The Morgan fingerprint density at radius 1 is 1.38 bits per heavy atom. The van der Waals surface area contributed by atoms with Crippen molar-refractivity contribution in [2.75, 3.05) is 13.7 Å². The molecule has 3 N–H and O–H groups in total. The van der Waals surface area contributed by atoms with Crippen LogP contribution in [0, 0.1) is 0 Å². The number of aromatic nitrogens is 1. The largest absolute Gasteiger partial charge is 0.497 e. The Bertz CT molecular complexity index is 488. The van der Waals surface area contributed by atoms with E-state index in [0.717, 1.165) is 18.6 Å². The first-order valence-corrected chi connectivity index (χ1v) is 5.67. The van der Waals surface area contributed by atoms with Gasteiger partial charge in [0.15, 0.2) is 0 Å². The number of hydrogen-bond acceptors (Lipinski definition) is 2. The van der Waals surface area contributed by atoms with Crippen LogP contribution in [0.3, 0.4) is 0 Å². The number of fused-ring (bicyclic) bond motifs is 1. The third kappa shape index (κ3) is 1.78. The van der Waals surface area contributed by atoms with Crippen LogP contribution >= 0.6 is 0 Å². The van der Waals surface area contributed by atoms with Crippen molar-refractivity contribution in [1.29, 1.82) is 0 Å². The summed E-state index contributed by atoms with van der Waals surface area (Å²) in [5, 5.41) is 1.24. The fourth-order valence-corrected chi connectivity index (χ4v) is 2.14. The Morgan fingerprint density at radius 3 is 2.81 bits per heavy atom. The molecule has 2 aromatic rings. The van der Waals surface area contributed by atoms with E-state index in [9.17, 15) is 0 Å². The minimum atomic E-state index is 0.678. The van der Waals surface area contributed by atoms with Crippen LogP contribution in [0.1, 0.15) is 18.2 Å². The number of ether oxygens (including phenoxy) is 1. The van der Waals surface area contributed by atoms with Crippen molar-refractivity contribution in [3.63, 3.8) is 0 Å². The van der Waals surface area contributed by atoms with Crippen LogP contribution in [-0.4, -0.2) is 18.6 Å². The van der Waals surface area contributed by atoms with Gasteiger partial charge >= 0.3 is 0 Å². The van der Waals surface area contributed by atoms with Crippen molar-refractivity contribution >= 4 is 10.9 Å². The SMILES string of the molecule is CCc1[nH]c2ccc(OC)cc2c1CCN. The van der Waals surface area contributed by atoms with Gasteiger partial charge in [-0.1, -0.05) is 6.92 Å². The molecule has 0 atom stereocenters. The highest BCUT2D eigenvalue weighted by atomic mass is 16.5. The van der Waals surface area contributed by atoms with Gasteiger partial charge in [0.05, 0.1) is 7.11 Å². The maximum absolute atomic E-state index is 5.66. The van der Waals surface area contributed by atoms with Crippen LogP contribution in [0.15, 0.2) is 18.2 Å². The molecule has 0 saturated carbocycles. The molecule has 1 aromatic heterocycles. The second-order valence-corrected chi connectivity index (χ2v) is 3.89. The Balaban J connectivity index is 2.60. The first-order valence-electron chi connectivity index (χ1n) is 5.67. The molecule has 3 heteroatoms. The standard InChI is InChI=1S/C13H18N2O/c1-3-12-10(6-7-14)11-8-9(16-2)4-5-13(11)15-12/h4-5,8,15H,3,6-7,14H2,1-2H3. The van der Waals surface area contributed by atoms with E-state index >= 15 is 0 Å². The summed E-state index contributed by atoms with van der Waals surface area (Å²) in [6, 6.07) is 6.12. The molecule has 0 spiro atoms. The zero-order valence-corrected chi connectivity index (χ0v) is 9.84. The van der Waals surface area contributed by atoms with Crippen molar-refractivity contribution in [2.24, 2.45) is 5.73 Å². The molecule has 0 aliphatic heterocycles. The molecule has 2 rings (SSSR count). The average molecular weight is 218 g/mol. The number of rotatable bonds is 4. The number of methoxy groups -OCH3 is 1. The summed E-state index contributed by atoms with van der Waals surface area (Å²) < 4.78 is 5.25. The second kappa shape index (κ2) is 4.58. The number of aromatic amines is 1. The molecule has 0 saturated heterocycles. The minimum absolute atomic E-state index is 0.678. The molecular formula is C13H18N2O. The van der Waals surface area contributed by atoms with E-state index < -0.39 is 0 Å². The van der Waals surface area contributed by atoms with Gasteiger partial charge in [0.1, 0.15) is 5.75 Å². The van der Waals surface area contributed by atoms with E-state index in [-0.39, 0.29) is 0 Å². The van der Waals surface area contributed by atoms with Gasteiger partial charge in [-0.3, -0.25) is 0 Å². The summed E-state index contributed by atoms with van der Waals surface area (Å²) in [4.78, 5) is 3.44. The lowest BCUT2D eigenvalue weighted by molar-refractivity contribution is 0.415. The summed E-state index contributed by atoms with van der Waals surface area (Å²) in [5.41, 5.74) is 9.45. The number of benzene rings is 1. The van der Waals surface area contributed by atoms with E-state index in [1.807, 2.05) is 6.07 Å². The van der Waals surface area contributed by atoms with Crippen molar-refractivity contribution in [3.8, 4) is 5.75 Å². The highest BCUT2D eigenvalue weighted by molar-refractivity contribution is 5.86. The average Bonchev–Trinajstić information content (AvgIpc) is 2.67. The lowest BCUT2D eigenvalue weighted by Gasteiger charge is -2.02. The van der Waals surface area contributed by atoms with Gasteiger partial charge in [-0.2, -0.15) is 0 Å². The Labute approximate surface area is 95.6 Å². The molecule has 0 aliphatic rings. The zero-order valence-electron chi connectivity index (χ0n) is 9.84. The van der Waals surface area contributed by atoms with Gasteiger partial charge in [0, 0.05) is 16.6 Å². The number of nitrogens with one attached hydrogen (secondary N) is 1. The predicted octanol–water partition coefficient (Wildman–Crippen LogP) is 2.24. The van der Waals surface area contributed by atoms with Gasteiger partial charge in [-0.05, 0) is 43.1 Å². The normalized spacial score (nSPS) is 10.9. The third-order valence-electron chi connectivity index (χ3n) is 2.95. The Hall–Kier alpha value is -1.48. The topological polar surface area (TPSA) is 51.0 Å². The van der Waals surface area contributed by atoms with Crippen LogP contribution in [0.2, 0.25) is 0 Å². The van der Waals surface area contributed by atoms with Crippen LogP contribution < -0.4 is 10.5 Å². The molecular weight excluding hydrogens is 200 g/mol. The van der Waals surface area contributed by atoms with E-state index in [2.05, 4.69) is 24.0 Å². The van der Waals surface area contributed by atoms with Crippen molar-refractivity contribution in [1.82, 2.24) is 4.98 Å². The van der Waals surface area contributed by atoms with Crippen molar-refractivity contribution in [2.45, 2.75) is 19.8 Å². The molecule has 16 heavy (non-hydrogen) atoms. The third-order valence-corrected chi connectivity index (χ3v) is 2.95. The fraction of sp³-hybridized carbons (Fsp3) is 0.385. The lowest BCUT2D eigenvalue weighted by Crippen LogP contribution is -2.04. The summed E-state index contributed by atoms with van der Waals surface area (Å²) in [6.45, 7) is 2.83. The van der Waals surface area contributed by atoms with Gasteiger partial charge < -0.3 is 15.5 Å². The van der Waals surface area contributed by atoms with Crippen molar-refractivity contribution in [3.05, 3.63) is 29.5 Å². The van der Waals surface area contributed by atoms with Crippen LogP contribution in [0.4, 0.5) is 0 Å². The van der Waals surface area contributed by atoms with Gasteiger partial charge in [0.2, 0.25) is 0 Å². The van der Waals surface area contributed by atoms with Crippen LogP contribution in [0.25, 0.3) is 10.9 Å². The van der Waals surface area contributed by atoms with E-state index in [1.54, 1.807) is 7.11 Å². The van der Waals surface area contributed by atoms with E-state index in [4.69, 9.17) is 10.5 Å². The first-order chi connectivity index (χ1) is 7.80. The molecule has 1 aromatic carbocycles. The summed E-state index contributed by atoms with van der Waals surface area (Å²) in [7, 11) is 1.69. The molecule has 86 valence electrons. The maximum atomic E-state index is 5.66. The quantitative estimate of drug-likeness (QED) is 0.827. The number of aryl methyl sites for hydroxylation is 1. The molecule has 0 unspecified atom stereocenters. The molecule has 0 amide bonds. The summed E-state index contributed by atoms with van der Waals surface area (Å²) in [5.74, 6) is 0.896. The van der Waals surface area contributed by atoms with Crippen LogP contribution in [0.5, 0.6) is 5.75 Å². The molecule has 0 bridgehead atoms. The minimum Gasteiger partial charge on any atom is -0.497 e. The highest BCUT2D eigenvalue weighted by Crippen LogP contribution is 2.27. The highest BCUT2D eigenvalue weighted by Gasteiger charge is 2.09. The molecule has 0 radical (unpaired) electrons. The van der Waals surface area contributed by atoms with Gasteiger partial charge in [-0.15, -0.1) is 0 Å². The number of hydrogen-bond donors (Lipinski definition) is 2. The molecule has 0 fully saturated rings. The molecule has 0 aliphatic carbocycles. The second-order valence-electron chi connectivity index (χ2n) is 3.89. The Kier molecular flexibility index (Phi) is 3.15. The monoisotopic (exact) mass is 218 g/mol. The predicted molar refractivity (Wildman–Crippen MR) is 67.0 cm³/mol. The zero-order chi connectivity index (χ0) is 11.5. The lowest BCUT2D eigenvalue weighted by atomic mass is 10.1. The van der Waals surface area contributed by atoms with Gasteiger partial charge in [-0.25, -0.2) is 0 Å². The maximum Gasteiger partial charge on any atom is 0.119 e. The first kappa shape index (κ1) is 11.0. The molecule has 3 nitrogen and oxygen atoms in total. The van der Waals surface area contributed by atoms with Gasteiger partial charge in [0.25, 0.3) is 0 Å². The number of H-pyrrole nitrogens is 1. The van der Waals surface area contributed by atoms with E-state index in [1.165, 1.54) is 22.2 Å². The fourth-order valence-electron chi connectivity index (χ4n) is 2.14. The smallest absolute Gasteiger partial charge is 0.119 e. The molecule has 1 heterocycles. The van der Waals surface area contributed by atoms with Crippen LogP contribution in [-0.2, 0) is 12.8 Å². The van der Waals surface area contributed by atoms with E-state index in [0.29, 0.717) is 6.54 Å². The summed E-state index contributed by atoms with van der Waals surface area (Å²) in [6.07, 6.45) is 1.92.